The predicted molar refractivity (Wildman–Crippen MR) is 61.8 cm³/mol. The average Bonchev–Trinajstić information content (AvgIpc) is 2.13. The Hall–Kier alpha value is -1.34. The Bertz CT molecular complexity index is 432. The average molecular weight is 219 g/mol. The number of aromatic nitrogens is 2. The molecule has 1 aromatic rings. The lowest BCUT2D eigenvalue weighted by Gasteiger charge is -2.05. The van der Waals surface area contributed by atoms with Gasteiger partial charge in [-0.15, -0.1) is 11.8 Å². The van der Waals surface area contributed by atoms with Crippen LogP contribution in [0.15, 0.2) is 17.2 Å². The summed E-state index contributed by atoms with van der Waals surface area (Å²) in [7, 11) is 0. The number of hydrogen-bond acceptors (Lipinski definition) is 4. The van der Waals surface area contributed by atoms with Gasteiger partial charge in [0.2, 0.25) is 0 Å². The van der Waals surface area contributed by atoms with Crippen LogP contribution in [0.1, 0.15) is 24.0 Å². The molecule has 0 atom stereocenters. The van der Waals surface area contributed by atoms with Crippen LogP contribution in [0.3, 0.4) is 0 Å². The summed E-state index contributed by atoms with van der Waals surface area (Å²) in [4.78, 5) is 8.43. The Morgan fingerprint density at radius 1 is 1.47 bits per heavy atom. The van der Waals surface area contributed by atoms with Gasteiger partial charge >= 0.3 is 0 Å². The van der Waals surface area contributed by atoms with Gasteiger partial charge in [0.25, 0.3) is 0 Å². The predicted octanol–water partition coefficient (Wildman–Crippen LogP) is 2.63. The highest BCUT2D eigenvalue weighted by atomic mass is 32.2. The monoisotopic (exact) mass is 219 g/mol. The maximum Gasteiger partial charge on any atom is 0.126 e. The molecule has 0 aliphatic carbocycles. The van der Waals surface area contributed by atoms with E-state index in [1.165, 1.54) is 11.8 Å². The highest BCUT2D eigenvalue weighted by Crippen LogP contribution is 2.23. The fourth-order valence-electron chi connectivity index (χ4n) is 1.11. The molecule has 0 spiro atoms. The van der Waals surface area contributed by atoms with Crippen molar-refractivity contribution in [2.75, 3.05) is 5.75 Å². The molecule has 1 aromatic heterocycles. The minimum Gasteiger partial charge on any atom is -0.237 e. The molecule has 3 nitrogen and oxygen atoms in total. The second-order valence-corrected chi connectivity index (χ2v) is 4.36. The van der Waals surface area contributed by atoms with Crippen molar-refractivity contribution in [2.24, 2.45) is 0 Å². The van der Waals surface area contributed by atoms with Gasteiger partial charge in [-0.25, -0.2) is 9.97 Å². The van der Waals surface area contributed by atoms with E-state index < -0.39 is 0 Å². The smallest absolute Gasteiger partial charge is 0.126 e. The maximum absolute atomic E-state index is 8.99. The molecule has 78 valence electrons. The molecule has 4 heteroatoms. The van der Waals surface area contributed by atoms with Crippen molar-refractivity contribution < 1.29 is 0 Å². The summed E-state index contributed by atoms with van der Waals surface area (Å²) in [6.07, 6.45) is 0. The van der Waals surface area contributed by atoms with Crippen LogP contribution in [0.4, 0.5) is 0 Å². The second-order valence-electron chi connectivity index (χ2n) is 3.39. The van der Waals surface area contributed by atoms with Crippen molar-refractivity contribution in [3.8, 4) is 6.07 Å². The first-order chi connectivity index (χ1) is 7.04. The zero-order valence-electron chi connectivity index (χ0n) is 9.16. The molecule has 1 rings (SSSR count). The summed E-state index contributed by atoms with van der Waals surface area (Å²) in [5.41, 5.74) is 2.39. The summed E-state index contributed by atoms with van der Waals surface area (Å²) in [5, 5.41) is 9.74. The van der Waals surface area contributed by atoms with Crippen molar-refractivity contribution in [2.45, 2.75) is 25.8 Å². The van der Waals surface area contributed by atoms with Gasteiger partial charge in [0.15, 0.2) is 0 Å². The minimum atomic E-state index is 0.576. The molecule has 0 aliphatic rings. The standard InChI is InChI=1S/C11H13N3S/c1-7(2)6-15-11-10(5-12)8(3)13-9(4)14-11/h1,6H2,2-4H3. The normalized spacial score (nSPS) is 9.73. The van der Waals surface area contributed by atoms with Crippen molar-refractivity contribution in [1.82, 2.24) is 9.97 Å². The first-order valence-electron chi connectivity index (χ1n) is 4.57. The molecule has 15 heavy (non-hydrogen) atoms. The Kier molecular flexibility index (Phi) is 3.87. The zero-order valence-corrected chi connectivity index (χ0v) is 9.98. The van der Waals surface area contributed by atoms with E-state index in [0.29, 0.717) is 11.4 Å². The van der Waals surface area contributed by atoms with E-state index in [4.69, 9.17) is 5.26 Å². The number of rotatable bonds is 3. The van der Waals surface area contributed by atoms with Gasteiger partial charge in [0, 0.05) is 5.75 Å². The summed E-state index contributed by atoms with van der Waals surface area (Å²) in [6.45, 7) is 9.45. The molecule has 0 N–H and O–H groups in total. The van der Waals surface area contributed by atoms with Crippen molar-refractivity contribution >= 4 is 11.8 Å². The van der Waals surface area contributed by atoms with Gasteiger partial charge in [-0.1, -0.05) is 12.2 Å². The Morgan fingerprint density at radius 3 is 2.67 bits per heavy atom. The number of hydrogen-bond donors (Lipinski definition) is 0. The van der Waals surface area contributed by atoms with Gasteiger partial charge < -0.3 is 0 Å². The fourth-order valence-corrected chi connectivity index (χ4v) is 2.02. The van der Waals surface area contributed by atoms with Crippen molar-refractivity contribution in [1.29, 1.82) is 5.26 Å². The Labute approximate surface area is 94.3 Å². The molecular weight excluding hydrogens is 206 g/mol. The van der Waals surface area contributed by atoms with Crippen LogP contribution in [0.2, 0.25) is 0 Å². The van der Waals surface area contributed by atoms with Crippen molar-refractivity contribution in [3.63, 3.8) is 0 Å². The third-order valence-corrected chi connectivity index (χ3v) is 2.94. The van der Waals surface area contributed by atoms with Crippen LogP contribution in [0, 0.1) is 25.2 Å². The Balaban J connectivity index is 3.05. The summed E-state index contributed by atoms with van der Waals surface area (Å²) in [6, 6.07) is 2.14. The van der Waals surface area contributed by atoms with Crippen LogP contribution < -0.4 is 0 Å². The fraction of sp³-hybridized carbons (Fsp3) is 0.364. The number of thioether (sulfide) groups is 1. The van der Waals surface area contributed by atoms with Crippen LogP contribution >= 0.6 is 11.8 Å². The van der Waals surface area contributed by atoms with Crippen LogP contribution in [-0.4, -0.2) is 15.7 Å². The number of nitriles is 1. The largest absolute Gasteiger partial charge is 0.237 e. The molecule has 0 aromatic carbocycles. The third kappa shape index (κ3) is 3.07. The van der Waals surface area contributed by atoms with Gasteiger partial charge in [0.05, 0.1) is 5.69 Å². The first kappa shape index (κ1) is 11.7. The zero-order chi connectivity index (χ0) is 11.4. The molecule has 0 saturated heterocycles. The second kappa shape index (κ2) is 4.94. The minimum absolute atomic E-state index is 0.576. The molecule has 0 amide bonds. The van der Waals surface area contributed by atoms with Crippen LogP contribution in [0.5, 0.6) is 0 Å². The lowest BCUT2D eigenvalue weighted by Crippen LogP contribution is -1.99. The van der Waals surface area contributed by atoms with Gasteiger partial charge in [0.1, 0.15) is 22.5 Å². The topological polar surface area (TPSA) is 49.6 Å². The lowest BCUT2D eigenvalue weighted by molar-refractivity contribution is 0.924. The lowest BCUT2D eigenvalue weighted by atomic mass is 10.3. The Morgan fingerprint density at radius 2 is 2.13 bits per heavy atom. The first-order valence-corrected chi connectivity index (χ1v) is 5.55. The molecular formula is C11H13N3S. The summed E-state index contributed by atoms with van der Waals surface area (Å²) in [5.74, 6) is 1.49. The SMILES string of the molecule is C=C(C)CSc1nc(C)nc(C)c1C#N. The van der Waals surface area contributed by atoms with E-state index in [1.54, 1.807) is 0 Å². The highest BCUT2D eigenvalue weighted by molar-refractivity contribution is 7.99. The molecule has 0 saturated carbocycles. The van der Waals surface area contributed by atoms with E-state index in [1.807, 2.05) is 20.8 Å². The van der Waals surface area contributed by atoms with E-state index in [9.17, 15) is 0 Å². The van der Waals surface area contributed by atoms with E-state index >= 15 is 0 Å². The van der Waals surface area contributed by atoms with Crippen molar-refractivity contribution in [3.05, 3.63) is 29.2 Å². The van der Waals surface area contributed by atoms with E-state index in [2.05, 4.69) is 22.6 Å². The van der Waals surface area contributed by atoms with E-state index in [-0.39, 0.29) is 0 Å². The van der Waals surface area contributed by atoms with Gasteiger partial charge in [-0.2, -0.15) is 5.26 Å². The van der Waals surface area contributed by atoms with Gasteiger partial charge in [-0.05, 0) is 20.8 Å². The summed E-state index contributed by atoms with van der Waals surface area (Å²) < 4.78 is 0. The molecule has 0 unspecified atom stereocenters. The number of nitrogens with zero attached hydrogens (tertiary/aromatic N) is 3. The third-order valence-electron chi connectivity index (χ3n) is 1.74. The highest BCUT2D eigenvalue weighted by Gasteiger charge is 2.09. The molecule has 0 radical (unpaired) electrons. The molecule has 1 heterocycles. The summed E-state index contributed by atoms with van der Waals surface area (Å²) >= 11 is 1.53. The van der Waals surface area contributed by atoms with Crippen LogP contribution in [0.25, 0.3) is 0 Å². The van der Waals surface area contributed by atoms with Gasteiger partial charge in [-0.3, -0.25) is 0 Å². The molecule has 0 fully saturated rings. The molecule has 0 aliphatic heterocycles. The quantitative estimate of drug-likeness (QED) is 0.445. The van der Waals surface area contributed by atoms with E-state index in [0.717, 1.165) is 22.0 Å². The maximum atomic E-state index is 8.99. The number of aryl methyl sites for hydroxylation is 2. The molecule has 0 bridgehead atoms. The van der Waals surface area contributed by atoms with Crippen LogP contribution in [-0.2, 0) is 0 Å².